The Kier molecular flexibility index (Phi) is 3.59. The van der Waals surface area contributed by atoms with Gasteiger partial charge >= 0.3 is 0 Å². The molecule has 1 unspecified atom stereocenters. The molecule has 0 aliphatic heterocycles. The molecule has 1 N–H and O–H groups in total. The number of aromatic nitrogens is 1. The third-order valence-corrected chi connectivity index (χ3v) is 2.70. The van der Waals surface area contributed by atoms with Crippen LogP contribution in [0.2, 0.25) is 0 Å². The van der Waals surface area contributed by atoms with Crippen LogP contribution < -0.4 is 5.32 Å². The number of nitrogens with one attached hydrogen (secondary N) is 1. The van der Waals surface area contributed by atoms with Gasteiger partial charge in [-0.05, 0) is 26.3 Å². The van der Waals surface area contributed by atoms with Crippen molar-refractivity contribution in [2.45, 2.75) is 33.4 Å². The van der Waals surface area contributed by atoms with E-state index in [1.165, 1.54) is 11.1 Å². The SMILES string of the molecule is Cc1cccc(CNC(C)c2ncc(C)o2)c1. The molecule has 1 atom stereocenters. The third-order valence-electron chi connectivity index (χ3n) is 2.70. The standard InChI is InChI=1S/C14H18N2O/c1-10-5-4-6-13(7-10)9-15-12(3)14-16-8-11(2)17-14/h4-8,12,15H,9H2,1-3H3. The van der Waals surface area contributed by atoms with Gasteiger partial charge in [0.1, 0.15) is 5.76 Å². The summed E-state index contributed by atoms with van der Waals surface area (Å²) in [6.45, 7) is 6.89. The predicted molar refractivity (Wildman–Crippen MR) is 67.7 cm³/mol. The first-order valence-electron chi connectivity index (χ1n) is 5.86. The minimum absolute atomic E-state index is 0.129. The summed E-state index contributed by atoms with van der Waals surface area (Å²) in [5, 5.41) is 3.40. The zero-order valence-corrected chi connectivity index (χ0v) is 10.5. The van der Waals surface area contributed by atoms with Crippen molar-refractivity contribution in [3.05, 3.63) is 53.2 Å². The Labute approximate surface area is 102 Å². The third kappa shape index (κ3) is 3.17. The van der Waals surface area contributed by atoms with E-state index in [-0.39, 0.29) is 6.04 Å². The molecule has 3 nitrogen and oxygen atoms in total. The lowest BCUT2D eigenvalue weighted by Gasteiger charge is -2.10. The molecule has 0 saturated carbocycles. The minimum Gasteiger partial charge on any atom is -0.444 e. The maximum Gasteiger partial charge on any atom is 0.211 e. The Morgan fingerprint density at radius 2 is 2.18 bits per heavy atom. The summed E-state index contributed by atoms with van der Waals surface area (Å²) in [7, 11) is 0. The highest BCUT2D eigenvalue weighted by Crippen LogP contribution is 2.13. The van der Waals surface area contributed by atoms with Gasteiger partial charge in [-0.3, -0.25) is 0 Å². The van der Waals surface area contributed by atoms with Crippen LogP contribution in [0.15, 0.2) is 34.9 Å². The van der Waals surface area contributed by atoms with E-state index in [9.17, 15) is 0 Å². The van der Waals surface area contributed by atoms with Gasteiger partial charge in [-0.2, -0.15) is 0 Å². The summed E-state index contributed by atoms with van der Waals surface area (Å²) >= 11 is 0. The first-order valence-corrected chi connectivity index (χ1v) is 5.86. The molecular formula is C14H18N2O. The van der Waals surface area contributed by atoms with Crippen molar-refractivity contribution in [1.82, 2.24) is 10.3 Å². The fourth-order valence-corrected chi connectivity index (χ4v) is 1.75. The normalized spacial score (nSPS) is 12.6. The molecule has 0 amide bonds. The topological polar surface area (TPSA) is 38.1 Å². The van der Waals surface area contributed by atoms with Gasteiger partial charge in [-0.25, -0.2) is 4.98 Å². The number of aryl methyl sites for hydroxylation is 2. The van der Waals surface area contributed by atoms with Gasteiger partial charge in [0.15, 0.2) is 0 Å². The molecular weight excluding hydrogens is 212 g/mol. The van der Waals surface area contributed by atoms with Crippen molar-refractivity contribution < 1.29 is 4.42 Å². The van der Waals surface area contributed by atoms with Crippen molar-refractivity contribution in [2.24, 2.45) is 0 Å². The monoisotopic (exact) mass is 230 g/mol. The summed E-state index contributed by atoms with van der Waals surface area (Å²) in [6.07, 6.45) is 1.75. The first kappa shape index (κ1) is 11.9. The molecule has 0 spiro atoms. The Morgan fingerprint density at radius 1 is 1.35 bits per heavy atom. The molecule has 0 aliphatic rings. The summed E-state index contributed by atoms with van der Waals surface area (Å²) in [6, 6.07) is 8.61. The van der Waals surface area contributed by atoms with Crippen LogP contribution in [0.5, 0.6) is 0 Å². The lowest BCUT2D eigenvalue weighted by Crippen LogP contribution is -2.18. The lowest BCUT2D eigenvalue weighted by atomic mass is 10.1. The molecule has 0 bridgehead atoms. The minimum atomic E-state index is 0.129. The quantitative estimate of drug-likeness (QED) is 0.876. The molecule has 0 aliphatic carbocycles. The van der Waals surface area contributed by atoms with Gasteiger partial charge < -0.3 is 9.73 Å². The Balaban J connectivity index is 1.94. The molecule has 2 rings (SSSR count). The largest absolute Gasteiger partial charge is 0.444 e. The maximum absolute atomic E-state index is 5.48. The second-order valence-corrected chi connectivity index (χ2v) is 4.40. The highest BCUT2D eigenvalue weighted by Gasteiger charge is 2.10. The van der Waals surface area contributed by atoms with Crippen molar-refractivity contribution in [2.75, 3.05) is 0 Å². The van der Waals surface area contributed by atoms with Gasteiger partial charge in [-0.1, -0.05) is 29.8 Å². The molecule has 0 saturated heterocycles. The zero-order chi connectivity index (χ0) is 12.3. The predicted octanol–water partition coefficient (Wildman–Crippen LogP) is 3.14. The zero-order valence-electron chi connectivity index (χ0n) is 10.5. The highest BCUT2D eigenvalue weighted by atomic mass is 16.4. The first-order chi connectivity index (χ1) is 8.15. The number of oxazole rings is 1. The highest BCUT2D eigenvalue weighted by molar-refractivity contribution is 5.22. The van der Waals surface area contributed by atoms with Crippen LogP contribution in [0.1, 0.15) is 35.7 Å². The van der Waals surface area contributed by atoms with Crippen LogP contribution >= 0.6 is 0 Å². The summed E-state index contributed by atoms with van der Waals surface area (Å²) < 4.78 is 5.48. The van der Waals surface area contributed by atoms with Crippen LogP contribution in [0.3, 0.4) is 0 Å². The van der Waals surface area contributed by atoms with E-state index in [4.69, 9.17) is 4.42 Å². The van der Waals surface area contributed by atoms with Gasteiger partial charge in [-0.15, -0.1) is 0 Å². The van der Waals surface area contributed by atoms with Gasteiger partial charge in [0.2, 0.25) is 5.89 Å². The van der Waals surface area contributed by atoms with Crippen molar-refractivity contribution in [1.29, 1.82) is 0 Å². The molecule has 1 aromatic carbocycles. The van der Waals surface area contributed by atoms with Crippen molar-refractivity contribution >= 4 is 0 Å². The van der Waals surface area contributed by atoms with Gasteiger partial charge in [0.25, 0.3) is 0 Å². The van der Waals surface area contributed by atoms with Crippen molar-refractivity contribution in [3.8, 4) is 0 Å². The van der Waals surface area contributed by atoms with E-state index in [0.29, 0.717) is 0 Å². The molecule has 17 heavy (non-hydrogen) atoms. The molecule has 2 aromatic rings. The molecule has 1 aromatic heterocycles. The van der Waals surface area contributed by atoms with Crippen LogP contribution in [-0.2, 0) is 6.54 Å². The smallest absolute Gasteiger partial charge is 0.211 e. The fraction of sp³-hybridized carbons (Fsp3) is 0.357. The van der Waals surface area contributed by atoms with E-state index in [0.717, 1.165) is 18.2 Å². The Morgan fingerprint density at radius 3 is 2.82 bits per heavy atom. The Bertz CT molecular complexity index is 490. The average Bonchev–Trinajstić information content (AvgIpc) is 2.73. The van der Waals surface area contributed by atoms with E-state index in [2.05, 4.69) is 48.4 Å². The van der Waals surface area contributed by atoms with Crippen LogP contribution in [0.25, 0.3) is 0 Å². The number of hydrogen-bond donors (Lipinski definition) is 1. The van der Waals surface area contributed by atoms with E-state index in [1.54, 1.807) is 6.20 Å². The van der Waals surface area contributed by atoms with Crippen LogP contribution in [-0.4, -0.2) is 4.98 Å². The van der Waals surface area contributed by atoms with E-state index < -0.39 is 0 Å². The number of rotatable bonds is 4. The lowest BCUT2D eigenvalue weighted by molar-refractivity contribution is 0.402. The number of nitrogens with zero attached hydrogens (tertiary/aromatic N) is 1. The van der Waals surface area contributed by atoms with Crippen molar-refractivity contribution in [3.63, 3.8) is 0 Å². The second-order valence-electron chi connectivity index (χ2n) is 4.40. The molecule has 0 radical (unpaired) electrons. The summed E-state index contributed by atoms with van der Waals surface area (Å²) in [5.74, 6) is 1.60. The van der Waals surface area contributed by atoms with Gasteiger partial charge in [0, 0.05) is 6.54 Å². The Hall–Kier alpha value is -1.61. The second kappa shape index (κ2) is 5.15. The molecule has 1 heterocycles. The van der Waals surface area contributed by atoms with E-state index >= 15 is 0 Å². The van der Waals surface area contributed by atoms with Crippen LogP contribution in [0.4, 0.5) is 0 Å². The fourth-order valence-electron chi connectivity index (χ4n) is 1.75. The summed E-state index contributed by atoms with van der Waals surface area (Å²) in [5.41, 5.74) is 2.56. The molecule has 0 fully saturated rings. The van der Waals surface area contributed by atoms with Crippen LogP contribution in [0, 0.1) is 13.8 Å². The number of benzene rings is 1. The summed E-state index contributed by atoms with van der Waals surface area (Å²) in [4.78, 5) is 4.22. The average molecular weight is 230 g/mol. The molecule has 90 valence electrons. The molecule has 3 heteroatoms. The van der Waals surface area contributed by atoms with E-state index in [1.807, 2.05) is 6.92 Å². The maximum atomic E-state index is 5.48. The number of hydrogen-bond acceptors (Lipinski definition) is 3. The van der Waals surface area contributed by atoms with Gasteiger partial charge in [0.05, 0.1) is 12.2 Å².